The van der Waals surface area contributed by atoms with Gasteiger partial charge in [0.05, 0.1) is 19.3 Å². The number of carbonyl (C=O) groups excluding carboxylic acids is 2. The molecule has 0 aromatic rings. The van der Waals surface area contributed by atoms with Gasteiger partial charge < -0.3 is 15.0 Å². The van der Waals surface area contributed by atoms with Crippen molar-refractivity contribution in [3.8, 4) is 0 Å². The van der Waals surface area contributed by atoms with Crippen LogP contribution in [0.3, 0.4) is 0 Å². The normalized spacial score (nSPS) is 16.7. The number of urea groups is 1. The van der Waals surface area contributed by atoms with E-state index in [1.807, 2.05) is 27.7 Å². The van der Waals surface area contributed by atoms with E-state index in [2.05, 4.69) is 5.32 Å². The van der Waals surface area contributed by atoms with Crippen molar-refractivity contribution in [3.63, 3.8) is 0 Å². The quantitative estimate of drug-likeness (QED) is 0.837. The Labute approximate surface area is 110 Å². The summed E-state index contributed by atoms with van der Waals surface area (Å²) in [6.07, 6.45) is 0. The number of carbonyl (C=O) groups is 2. The first kappa shape index (κ1) is 16.9. The van der Waals surface area contributed by atoms with Gasteiger partial charge in [0, 0.05) is 13.1 Å². The fourth-order valence-corrected chi connectivity index (χ4v) is 1.73. The summed E-state index contributed by atoms with van der Waals surface area (Å²) >= 11 is 0. The number of hydrogen-bond donors (Lipinski definition) is 1. The van der Waals surface area contributed by atoms with Crippen molar-refractivity contribution in [2.45, 2.75) is 40.7 Å². The van der Waals surface area contributed by atoms with Crippen LogP contribution in [0.5, 0.6) is 0 Å². The highest BCUT2D eigenvalue weighted by atomic mass is 16.5. The molecule has 0 spiro atoms. The third-order valence-electron chi connectivity index (χ3n) is 2.68. The predicted molar refractivity (Wildman–Crippen MR) is 71.6 cm³/mol. The predicted octanol–water partition coefficient (Wildman–Crippen LogP) is 1.67. The lowest BCUT2D eigenvalue weighted by molar-refractivity contribution is -0.119. The summed E-state index contributed by atoms with van der Waals surface area (Å²) < 4.78 is 5.16. The molecular formula is C13H26N2O3. The van der Waals surface area contributed by atoms with Crippen molar-refractivity contribution in [3.05, 3.63) is 0 Å². The van der Waals surface area contributed by atoms with Crippen molar-refractivity contribution < 1.29 is 14.3 Å². The zero-order valence-electron chi connectivity index (χ0n) is 12.2. The minimum Gasteiger partial charge on any atom is -0.378 e. The van der Waals surface area contributed by atoms with Gasteiger partial charge in [-0.2, -0.15) is 0 Å². The maximum absolute atomic E-state index is 11.8. The maximum atomic E-state index is 11.8. The van der Waals surface area contributed by atoms with Crippen LogP contribution >= 0.6 is 0 Å². The summed E-state index contributed by atoms with van der Waals surface area (Å²) in [6, 6.07) is -0.562. The number of rotatable bonds is 3. The highest BCUT2D eigenvalue weighted by Gasteiger charge is 2.24. The van der Waals surface area contributed by atoms with Crippen LogP contribution in [0, 0.1) is 5.92 Å². The molecule has 1 rings (SSSR count). The number of ether oxygens (including phenoxy) is 1. The Morgan fingerprint density at radius 1 is 1.17 bits per heavy atom. The molecule has 2 amide bonds. The average molecular weight is 258 g/mol. The Kier molecular flexibility index (Phi) is 8.37. The molecular weight excluding hydrogens is 232 g/mol. The van der Waals surface area contributed by atoms with E-state index in [4.69, 9.17) is 4.74 Å². The van der Waals surface area contributed by atoms with Gasteiger partial charge in [-0.1, -0.05) is 27.7 Å². The van der Waals surface area contributed by atoms with Gasteiger partial charge in [0.1, 0.15) is 0 Å². The standard InChI is InChI=1S/C11H20N2O3.C2H6/c1-8(2)10(9(3)14)12-11(15)13-4-6-16-7-5-13;1-2/h8,10H,4-7H2,1-3H3,(H,12,15);1-2H3. The number of ketones is 1. The molecule has 0 saturated carbocycles. The van der Waals surface area contributed by atoms with Crippen molar-refractivity contribution in [2.24, 2.45) is 5.92 Å². The largest absolute Gasteiger partial charge is 0.378 e. The van der Waals surface area contributed by atoms with Crippen molar-refractivity contribution in [2.75, 3.05) is 26.3 Å². The van der Waals surface area contributed by atoms with E-state index in [9.17, 15) is 9.59 Å². The molecule has 0 aromatic heterocycles. The van der Waals surface area contributed by atoms with Crippen LogP contribution in [0.2, 0.25) is 0 Å². The molecule has 1 aliphatic rings. The van der Waals surface area contributed by atoms with E-state index >= 15 is 0 Å². The smallest absolute Gasteiger partial charge is 0.318 e. The van der Waals surface area contributed by atoms with Crippen LogP contribution in [-0.2, 0) is 9.53 Å². The van der Waals surface area contributed by atoms with Gasteiger partial charge in [-0.25, -0.2) is 4.79 Å². The van der Waals surface area contributed by atoms with Gasteiger partial charge >= 0.3 is 6.03 Å². The van der Waals surface area contributed by atoms with E-state index < -0.39 is 6.04 Å². The van der Waals surface area contributed by atoms with Crippen LogP contribution < -0.4 is 5.32 Å². The second-order valence-corrected chi connectivity index (χ2v) is 4.38. The van der Waals surface area contributed by atoms with Gasteiger partial charge in [0.2, 0.25) is 0 Å². The molecule has 1 saturated heterocycles. The summed E-state index contributed by atoms with van der Waals surface area (Å²) in [7, 11) is 0. The summed E-state index contributed by atoms with van der Waals surface area (Å²) in [6.45, 7) is 11.7. The monoisotopic (exact) mass is 258 g/mol. The number of nitrogens with zero attached hydrogens (tertiary/aromatic N) is 1. The van der Waals surface area contributed by atoms with Gasteiger partial charge in [-0.05, 0) is 12.8 Å². The Balaban J connectivity index is 0.00000137. The van der Waals surface area contributed by atoms with E-state index in [0.717, 1.165) is 0 Å². The van der Waals surface area contributed by atoms with Gasteiger partial charge in [-0.15, -0.1) is 0 Å². The number of morpholine rings is 1. The molecule has 1 fully saturated rings. The van der Waals surface area contributed by atoms with E-state index in [1.165, 1.54) is 6.92 Å². The topological polar surface area (TPSA) is 58.6 Å². The molecule has 106 valence electrons. The second kappa shape index (κ2) is 8.91. The fourth-order valence-electron chi connectivity index (χ4n) is 1.73. The zero-order chi connectivity index (χ0) is 14.1. The third kappa shape index (κ3) is 5.49. The minimum absolute atomic E-state index is 0.00314. The molecule has 5 nitrogen and oxygen atoms in total. The fraction of sp³-hybridized carbons (Fsp3) is 0.846. The summed E-state index contributed by atoms with van der Waals surface area (Å²) in [5.74, 6) is 0.110. The molecule has 1 atom stereocenters. The Bertz CT molecular complexity index is 261. The first-order chi connectivity index (χ1) is 8.52. The van der Waals surface area contributed by atoms with E-state index in [0.29, 0.717) is 26.3 Å². The molecule has 18 heavy (non-hydrogen) atoms. The van der Waals surface area contributed by atoms with Crippen LogP contribution in [0.25, 0.3) is 0 Å². The number of amides is 2. The second-order valence-electron chi connectivity index (χ2n) is 4.38. The molecule has 1 aliphatic heterocycles. The zero-order valence-corrected chi connectivity index (χ0v) is 12.2. The lowest BCUT2D eigenvalue weighted by atomic mass is 10.0. The lowest BCUT2D eigenvalue weighted by Gasteiger charge is -2.29. The molecule has 1 unspecified atom stereocenters. The lowest BCUT2D eigenvalue weighted by Crippen LogP contribution is -2.52. The van der Waals surface area contributed by atoms with Crippen LogP contribution in [0.1, 0.15) is 34.6 Å². The summed E-state index contributed by atoms with van der Waals surface area (Å²) in [5, 5.41) is 2.77. The van der Waals surface area contributed by atoms with E-state index in [-0.39, 0.29) is 17.7 Å². The highest BCUT2D eigenvalue weighted by molar-refractivity contribution is 5.87. The number of hydrogen-bond acceptors (Lipinski definition) is 3. The Hall–Kier alpha value is -1.10. The highest BCUT2D eigenvalue weighted by Crippen LogP contribution is 2.05. The molecule has 0 aliphatic carbocycles. The van der Waals surface area contributed by atoms with Crippen molar-refractivity contribution in [1.82, 2.24) is 10.2 Å². The first-order valence-electron chi connectivity index (χ1n) is 6.66. The Morgan fingerprint density at radius 3 is 2.06 bits per heavy atom. The van der Waals surface area contributed by atoms with Crippen molar-refractivity contribution >= 4 is 11.8 Å². The van der Waals surface area contributed by atoms with Gasteiger partial charge in [-0.3, -0.25) is 4.79 Å². The molecule has 5 heteroatoms. The maximum Gasteiger partial charge on any atom is 0.318 e. The van der Waals surface area contributed by atoms with Crippen LogP contribution in [0.4, 0.5) is 4.79 Å². The van der Waals surface area contributed by atoms with Gasteiger partial charge in [0.25, 0.3) is 0 Å². The average Bonchev–Trinajstić information content (AvgIpc) is 2.38. The summed E-state index contributed by atoms with van der Waals surface area (Å²) in [4.78, 5) is 24.9. The van der Waals surface area contributed by atoms with Gasteiger partial charge in [0.15, 0.2) is 5.78 Å². The minimum atomic E-state index is -0.393. The van der Waals surface area contributed by atoms with Crippen LogP contribution in [-0.4, -0.2) is 49.1 Å². The third-order valence-corrected chi connectivity index (χ3v) is 2.68. The summed E-state index contributed by atoms with van der Waals surface area (Å²) in [5.41, 5.74) is 0. The SMILES string of the molecule is CC.CC(=O)C(NC(=O)N1CCOCC1)C(C)C. The first-order valence-corrected chi connectivity index (χ1v) is 6.66. The molecule has 0 aromatic carbocycles. The van der Waals surface area contributed by atoms with E-state index in [1.54, 1.807) is 4.90 Å². The van der Waals surface area contributed by atoms with Crippen molar-refractivity contribution in [1.29, 1.82) is 0 Å². The van der Waals surface area contributed by atoms with Crippen LogP contribution in [0.15, 0.2) is 0 Å². The number of Topliss-reactive ketones (excluding diaryl/α,β-unsaturated/α-hetero) is 1. The molecule has 0 bridgehead atoms. The number of nitrogens with one attached hydrogen (secondary N) is 1. The molecule has 1 N–H and O–H groups in total. The Morgan fingerprint density at radius 2 is 1.67 bits per heavy atom. The molecule has 0 radical (unpaired) electrons. The molecule has 1 heterocycles.